The number of aryl methyl sites for hydroxylation is 2. The van der Waals surface area contributed by atoms with Gasteiger partial charge in [-0.3, -0.25) is 14.8 Å². The summed E-state index contributed by atoms with van der Waals surface area (Å²) in [6.45, 7) is 4.67. The van der Waals surface area contributed by atoms with Gasteiger partial charge in [0.1, 0.15) is 0 Å². The number of rotatable bonds is 11. The molecule has 0 saturated heterocycles. The largest absolute Gasteiger partial charge is 0.478 e. The predicted molar refractivity (Wildman–Crippen MR) is 149 cm³/mol. The Morgan fingerprint density at radius 1 is 0.923 bits per heavy atom. The number of nitrogens with zero attached hydrogens (tertiary/aromatic N) is 1. The number of aromatic nitrogens is 1. The minimum atomic E-state index is -0.954. The standard InChI is InChI=1S/C31H33N3O5/c1-3-7-27-17-24-16-25(30(36)32-26(18-28(35)33-39)15-21-8-5-4-6-9-21)14-20(2)29(24)34(27)19-22-10-12-23(13-11-22)31(37)38/h4-6,8-14,16-17,26,39H,3,7,15,18-19H2,1-2H3,(H,32,36)(H,33,35)(H,37,38)/t26-/m1/s1. The number of carbonyl (C=O) groups is 3. The summed E-state index contributed by atoms with van der Waals surface area (Å²) >= 11 is 0. The van der Waals surface area contributed by atoms with Crippen molar-refractivity contribution in [1.82, 2.24) is 15.4 Å². The fourth-order valence-electron chi connectivity index (χ4n) is 5.01. The van der Waals surface area contributed by atoms with E-state index in [4.69, 9.17) is 5.21 Å². The number of amides is 2. The second kappa shape index (κ2) is 12.4. The fourth-order valence-corrected chi connectivity index (χ4v) is 5.01. The predicted octanol–water partition coefficient (Wildman–Crippen LogP) is 4.89. The van der Waals surface area contributed by atoms with Crippen LogP contribution in [-0.2, 0) is 24.2 Å². The maximum absolute atomic E-state index is 13.3. The third kappa shape index (κ3) is 6.72. The number of aromatic carboxylic acids is 1. The van der Waals surface area contributed by atoms with Gasteiger partial charge in [0.05, 0.1) is 11.1 Å². The van der Waals surface area contributed by atoms with Gasteiger partial charge in [0, 0.05) is 35.7 Å². The third-order valence-corrected chi connectivity index (χ3v) is 6.80. The first-order valence-corrected chi connectivity index (χ1v) is 13.0. The van der Waals surface area contributed by atoms with Crippen LogP contribution in [0.5, 0.6) is 0 Å². The second-order valence-corrected chi connectivity index (χ2v) is 9.80. The van der Waals surface area contributed by atoms with Crippen molar-refractivity contribution in [3.63, 3.8) is 0 Å². The van der Waals surface area contributed by atoms with Crippen molar-refractivity contribution >= 4 is 28.7 Å². The second-order valence-electron chi connectivity index (χ2n) is 9.80. The molecule has 0 bridgehead atoms. The number of hydrogen-bond acceptors (Lipinski definition) is 4. The smallest absolute Gasteiger partial charge is 0.335 e. The zero-order chi connectivity index (χ0) is 27.9. The molecule has 0 spiro atoms. The van der Waals surface area contributed by atoms with E-state index in [0.717, 1.165) is 46.1 Å². The SMILES string of the molecule is CCCc1cc2cc(C(=O)N[C@@H](CC(=O)NO)Cc3ccccc3)cc(C)c2n1Cc1ccc(C(=O)O)cc1. The van der Waals surface area contributed by atoms with Gasteiger partial charge in [-0.2, -0.15) is 0 Å². The van der Waals surface area contributed by atoms with Crippen LogP contribution in [0.25, 0.3) is 10.9 Å². The number of nitrogens with one attached hydrogen (secondary N) is 2. The number of carbonyl (C=O) groups excluding carboxylic acids is 2. The molecule has 4 N–H and O–H groups in total. The average Bonchev–Trinajstić information content (AvgIpc) is 3.26. The summed E-state index contributed by atoms with van der Waals surface area (Å²) in [5.74, 6) is -1.81. The summed E-state index contributed by atoms with van der Waals surface area (Å²) in [6.07, 6.45) is 2.20. The van der Waals surface area contributed by atoms with Gasteiger partial charge >= 0.3 is 5.97 Å². The number of carboxylic acids is 1. The van der Waals surface area contributed by atoms with Gasteiger partial charge in [0.25, 0.3) is 5.91 Å². The van der Waals surface area contributed by atoms with Crippen LogP contribution < -0.4 is 10.8 Å². The van der Waals surface area contributed by atoms with Crippen LogP contribution in [0, 0.1) is 6.92 Å². The van der Waals surface area contributed by atoms with Crippen molar-refractivity contribution in [2.45, 2.75) is 52.1 Å². The molecule has 1 heterocycles. The number of fused-ring (bicyclic) bond motifs is 1. The van der Waals surface area contributed by atoms with Gasteiger partial charge in [0.15, 0.2) is 0 Å². The lowest BCUT2D eigenvalue weighted by Crippen LogP contribution is -2.40. The van der Waals surface area contributed by atoms with Gasteiger partial charge in [-0.05, 0) is 66.8 Å². The average molecular weight is 528 g/mol. The highest BCUT2D eigenvalue weighted by Crippen LogP contribution is 2.27. The molecule has 1 aromatic heterocycles. The highest BCUT2D eigenvalue weighted by atomic mass is 16.5. The summed E-state index contributed by atoms with van der Waals surface area (Å²) in [5, 5.41) is 22.2. The first-order chi connectivity index (χ1) is 18.8. The van der Waals surface area contributed by atoms with E-state index >= 15 is 0 Å². The Morgan fingerprint density at radius 2 is 1.64 bits per heavy atom. The maximum atomic E-state index is 13.3. The molecule has 39 heavy (non-hydrogen) atoms. The molecule has 3 aromatic carbocycles. The van der Waals surface area contributed by atoms with Crippen LogP contribution in [0.3, 0.4) is 0 Å². The Bertz CT molecular complexity index is 1480. The molecule has 8 nitrogen and oxygen atoms in total. The molecule has 0 aliphatic heterocycles. The van der Waals surface area contributed by atoms with Crippen LogP contribution in [0.15, 0.2) is 72.8 Å². The topological polar surface area (TPSA) is 121 Å². The van der Waals surface area contributed by atoms with Gasteiger partial charge in [-0.15, -0.1) is 0 Å². The number of hydrogen-bond donors (Lipinski definition) is 4. The molecular weight excluding hydrogens is 494 g/mol. The normalized spacial score (nSPS) is 11.8. The fraction of sp³-hybridized carbons (Fsp3) is 0.258. The molecule has 0 saturated carbocycles. The zero-order valence-electron chi connectivity index (χ0n) is 22.1. The van der Waals surface area contributed by atoms with Crippen molar-refractivity contribution in [3.8, 4) is 0 Å². The van der Waals surface area contributed by atoms with Gasteiger partial charge in [-0.25, -0.2) is 10.3 Å². The van der Waals surface area contributed by atoms with Crippen molar-refractivity contribution < 1.29 is 24.7 Å². The van der Waals surface area contributed by atoms with Crippen molar-refractivity contribution in [3.05, 3.63) is 106 Å². The molecule has 0 radical (unpaired) electrons. The van der Waals surface area contributed by atoms with E-state index in [1.54, 1.807) is 17.6 Å². The van der Waals surface area contributed by atoms with Gasteiger partial charge in [0.2, 0.25) is 5.91 Å². The minimum absolute atomic E-state index is 0.0595. The Morgan fingerprint density at radius 3 is 2.28 bits per heavy atom. The summed E-state index contributed by atoms with van der Waals surface area (Å²) < 4.78 is 2.23. The summed E-state index contributed by atoms with van der Waals surface area (Å²) in [6, 6.07) is 21.8. The molecule has 2 amide bonds. The number of carboxylic acid groups (broad SMARTS) is 1. The molecule has 4 rings (SSSR count). The lowest BCUT2D eigenvalue weighted by Gasteiger charge is -2.19. The molecule has 1 atom stereocenters. The van der Waals surface area contributed by atoms with Crippen LogP contribution in [0.1, 0.15) is 62.9 Å². The Kier molecular flexibility index (Phi) is 8.78. The summed E-state index contributed by atoms with van der Waals surface area (Å²) in [7, 11) is 0. The van der Waals surface area contributed by atoms with E-state index in [0.29, 0.717) is 18.5 Å². The number of hydroxylamine groups is 1. The van der Waals surface area contributed by atoms with Crippen molar-refractivity contribution in [1.29, 1.82) is 0 Å². The monoisotopic (exact) mass is 527 g/mol. The first kappa shape index (κ1) is 27.6. The molecular formula is C31H33N3O5. The molecule has 0 aliphatic carbocycles. The van der Waals surface area contributed by atoms with Crippen LogP contribution in [0.2, 0.25) is 0 Å². The van der Waals surface area contributed by atoms with E-state index in [1.165, 1.54) is 0 Å². The highest BCUT2D eigenvalue weighted by Gasteiger charge is 2.20. The molecule has 0 aliphatic rings. The van der Waals surface area contributed by atoms with Crippen molar-refractivity contribution in [2.75, 3.05) is 0 Å². The maximum Gasteiger partial charge on any atom is 0.335 e. The van der Waals surface area contributed by atoms with Gasteiger partial charge in [-0.1, -0.05) is 55.8 Å². The van der Waals surface area contributed by atoms with Crippen LogP contribution >= 0.6 is 0 Å². The van der Waals surface area contributed by atoms with E-state index < -0.39 is 17.9 Å². The molecule has 0 unspecified atom stereocenters. The lowest BCUT2D eigenvalue weighted by atomic mass is 10.0. The molecule has 4 aromatic rings. The van der Waals surface area contributed by atoms with E-state index in [9.17, 15) is 19.5 Å². The first-order valence-electron chi connectivity index (χ1n) is 13.0. The number of benzene rings is 3. The Hall–Kier alpha value is -4.43. The minimum Gasteiger partial charge on any atom is -0.478 e. The highest BCUT2D eigenvalue weighted by molar-refractivity contribution is 6.00. The third-order valence-electron chi connectivity index (χ3n) is 6.80. The van der Waals surface area contributed by atoms with E-state index in [2.05, 4.69) is 22.9 Å². The summed E-state index contributed by atoms with van der Waals surface area (Å²) in [4.78, 5) is 36.5. The Labute approximate surface area is 227 Å². The van der Waals surface area contributed by atoms with E-state index in [-0.39, 0.29) is 17.9 Å². The quantitative estimate of drug-likeness (QED) is 0.164. The van der Waals surface area contributed by atoms with Crippen LogP contribution in [-0.4, -0.2) is 38.7 Å². The Balaban J connectivity index is 1.63. The van der Waals surface area contributed by atoms with Gasteiger partial charge < -0.3 is 15.0 Å². The van der Waals surface area contributed by atoms with Crippen LogP contribution in [0.4, 0.5) is 0 Å². The lowest BCUT2D eigenvalue weighted by molar-refractivity contribution is -0.129. The summed E-state index contributed by atoms with van der Waals surface area (Å²) in [5.41, 5.74) is 7.46. The zero-order valence-corrected chi connectivity index (χ0v) is 22.1. The van der Waals surface area contributed by atoms with E-state index in [1.807, 2.05) is 61.5 Å². The molecule has 0 fully saturated rings. The molecule has 202 valence electrons. The van der Waals surface area contributed by atoms with Crippen molar-refractivity contribution in [2.24, 2.45) is 0 Å². The molecule has 8 heteroatoms.